The normalized spacial score (nSPS) is 10.7. The fourth-order valence-electron chi connectivity index (χ4n) is 1.04. The number of nitrogens with one attached hydrogen (secondary N) is 1. The number of hydrogen-bond donors (Lipinski definition) is 1. The molecule has 4 heteroatoms. The Hall–Kier alpha value is -1.71. The molecule has 0 unspecified atom stereocenters. The lowest BCUT2D eigenvalue weighted by molar-refractivity contribution is -0.115. The topological polar surface area (TPSA) is 29.1 Å². The molecule has 0 saturated heterocycles. The van der Waals surface area contributed by atoms with Crippen LogP contribution in [0.1, 0.15) is 11.1 Å². The van der Waals surface area contributed by atoms with E-state index < -0.39 is 11.6 Å². The van der Waals surface area contributed by atoms with E-state index in [1.165, 1.54) is 32.2 Å². The van der Waals surface area contributed by atoms with Crippen molar-refractivity contribution in [3.8, 4) is 0 Å². The molecule has 0 radical (unpaired) electrons. The Morgan fingerprint density at radius 1 is 1.33 bits per heavy atom. The third kappa shape index (κ3) is 2.62. The molecule has 15 heavy (non-hydrogen) atoms. The number of rotatable bonds is 2. The van der Waals surface area contributed by atoms with Crippen LogP contribution in [0.2, 0.25) is 0 Å². The van der Waals surface area contributed by atoms with Gasteiger partial charge in [-0.1, -0.05) is 12.1 Å². The maximum absolute atomic E-state index is 13.3. The molecular weight excluding hydrogens is 200 g/mol. The van der Waals surface area contributed by atoms with Gasteiger partial charge in [0.1, 0.15) is 0 Å². The van der Waals surface area contributed by atoms with E-state index in [2.05, 4.69) is 5.32 Å². The summed E-state index contributed by atoms with van der Waals surface area (Å²) in [5, 5.41) is 2.34. The van der Waals surface area contributed by atoms with E-state index in [4.69, 9.17) is 0 Å². The number of aryl methyl sites for hydroxylation is 1. The Labute approximate surface area is 86.6 Å². The van der Waals surface area contributed by atoms with E-state index in [9.17, 15) is 13.6 Å². The van der Waals surface area contributed by atoms with Crippen LogP contribution in [0, 0.1) is 18.6 Å². The van der Waals surface area contributed by atoms with Crippen LogP contribution in [0.5, 0.6) is 0 Å². The highest BCUT2D eigenvalue weighted by Crippen LogP contribution is 2.16. The van der Waals surface area contributed by atoms with Gasteiger partial charge < -0.3 is 5.32 Å². The number of carbonyl (C=O) groups excluding carboxylic acids is 1. The molecule has 0 aliphatic heterocycles. The zero-order valence-electron chi connectivity index (χ0n) is 8.47. The summed E-state index contributed by atoms with van der Waals surface area (Å²) in [5.41, 5.74) is 0.297. The predicted octanol–water partition coefficient (Wildman–Crippen LogP) is 2.03. The molecule has 1 rings (SSSR count). The summed E-state index contributed by atoms with van der Waals surface area (Å²) in [4.78, 5) is 10.8. The van der Waals surface area contributed by atoms with Crippen molar-refractivity contribution in [2.24, 2.45) is 0 Å². The van der Waals surface area contributed by atoms with E-state index in [-0.39, 0.29) is 17.0 Å². The molecule has 1 N–H and O–H groups in total. The molecule has 0 fully saturated rings. The summed E-state index contributed by atoms with van der Waals surface area (Å²) in [6.45, 7) is 1.48. The van der Waals surface area contributed by atoms with E-state index >= 15 is 0 Å². The highest BCUT2D eigenvalue weighted by Gasteiger charge is 2.08. The first-order chi connectivity index (χ1) is 7.06. The van der Waals surface area contributed by atoms with E-state index in [0.29, 0.717) is 0 Å². The van der Waals surface area contributed by atoms with Crippen molar-refractivity contribution in [3.05, 3.63) is 41.0 Å². The van der Waals surface area contributed by atoms with Crippen LogP contribution < -0.4 is 5.32 Å². The molecule has 1 amide bonds. The third-order valence-corrected chi connectivity index (χ3v) is 1.97. The molecule has 0 aromatic heterocycles. The predicted molar refractivity (Wildman–Crippen MR) is 54.2 cm³/mol. The first-order valence-corrected chi connectivity index (χ1v) is 4.40. The Kier molecular flexibility index (Phi) is 3.55. The van der Waals surface area contributed by atoms with Gasteiger partial charge in [-0.05, 0) is 18.6 Å². The van der Waals surface area contributed by atoms with Crippen LogP contribution in [-0.4, -0.2) is 13.0 Å². The Balaban J connectivity index is 3.02. The second kappa shape index (κ2) is 4.68. The lowest BCUT2D eigenvalue weighted by atomic mass is 10.1. The van der Waals surface area contributed by atoms with Gasteiger partial charge in [0.15, 0.2) is 11.6 Å². The number of likely N-dealkylation sites (N-methyl/N-ethyl adjacent to an activating group) is 1. The molecule has 0 aliphatic rings. The number of carbonyl (C=O) groups is 1. The highest BCUT2D eigenvalue weighted by atomic mass is 19.2. The van der Waals surface area contributed by atoms with Gasteiger partial charge in [0.25, 0.3) is 0 Å². The van der Waals surface area contributed by atoms with Crippen LogP contribution >= 0.6 is 0 Å². The summed E-state index contributed by atoms with van der Waals surface area (Å²) < 4.78 is 26.3. The van der Waals surface area contributed by atoms with Gasteiger partial charge in [-0.25, -0.2) is 8.78 Å². The Morgan fingerprint density at radius 3 is 2.60 bits per heavy atom. The van der Waals surface area contributed by atoms with Crippen LogP contribution in [-0.2, 0) is 4.79 Å². The third-order valence-electron chi connectivity index (χ3n) is 1.97. The fourth-order valence-corrected chi connectivity index (χ4v) is 1.04. The smallest absolute Gasteiger partial charge is 0.243 e. The van der Waals surface area contributed by atoms with E-state index in [1.807, 2.05) is 0 Å². The minimum absolute atomic E-state index is 0.0571. The van der Waals surface area contributed by atoms with Gasteiger partial charge in [0.2, 0.25) is 5.91 Å². The molecule has 0 saturated carbocycles. The number of amides is 1. The van der Waals surface area contributed by atoms with Crippen molar-refractivity contribution in [1.29, 1.82) is 0 Å². The van der Waals surface area contributed by atoms with Crippen molar-refractivity contribution in [2.75, 3.05) is 7.05 Å². The molecular formula is C11H11F2NO. The SMILES string of the molecule is CNC(=O)/C=C/c1ccc(C)c(F)c1F. The minimum atomic E-state index is -0.935. The molecule has 0 atom stereocenters. The van der Waals surface area contributed by atoms with Crippen molar-refractivity contribution in [1.82, 2.24) is 5.32 Å². The summed E-state index contributed by atoms with van der Waals surface area (Å²) in [5.74, 6) is -2.18. The molecule has 2 nitrogen and oxygen atoms in total. The average Bonchev–Trinajstić information content (AvgIpc) is 2.24. The van der Waals surface area contributed by atoms with Gasteiger partial charge in [-0.15, -0.1) is 0 Å². The zero-order valence-corrected chi connectivity index (χ0v) is 8.47. The van der Waals surface area contributed by atoms with Gasteiger partial charge in [-0.2, -0.15) is 0 Å². The summed E-state index contributed by atoms with van der Waals surface area (Å²) in [7, 11) is 1.46. The molecule has 0 heterocycles. The standard InChI is InChI=1S/C11H11F2NO/c1-7-3-4-8(11(13)10(7)12)5-6-9(15)14-2/h3-6H,1-2H3,(H,14,15)/b6-5+. The van der Waals surface area contributed by atoms with Crippen LogP contribution in [0.3, 0.4) is 0 Å². The van der Waals surface area contributed by atoms with Crippen molar-refractivity contribution >= 4 is 12.0 Å². The number of hydrogen-bond acceptors (Lipinski definition) is 1. The van der Waals surface area contributed by atoms with Crippen LogP contribution in [0.4, 0.5) is 8.78 Å². The maximum atomic E-state index is 13.3. The van der Waals surface area contributed by atoms with Gasteiger partial charge in [0.05, 0.1) is 0 Å². The van der Waals surface area contributed by atoms with Gasteiger partial charge in [0, 0.05) is 18.7 Å². The van der Waals surface area contributed by atoms with E-state index in [0.717, 1.165) is 6.08 Å². The maximum Gasteiger partial charge on any atom is 0.243 e. The number of benzene rings is 1. The lowest BCUT2D eigenvalue weighted by Crippen LogP contribution is -2.13. The minimum Gasteiger partial charge on any atom is -0.356 e. The first-order valence-electron chi connectivity index (χ1n) is 4.40. The fraction of sp³-hybridized carbons (Fsp3) is 0.182. The Bertz CT molecular complexity index is 413. The average molecular weight is 211 g/mol. The van der Waals surface area contributed by atoms with Crippen molar-refractivity contribution in [3.63, 3.8) is 0 Å². The van der Waals surface area contributed by atoms with Crippen molar-refractivity contribution < 1.29 is 13.6 Å². The summed E-state index contributed by atoms with van der Waals surface area (Å²) >= 11 is 0. The quantitative estimate of drug-likeness (QED) is 0.745. The molecule has 0 spiro atoms. The molecule has 0 aliphatic carbocycles. The highest BCUT2D eigenvalue weighted by molar-refractivity contribution is 5.91. The van der Waals surface area contributed by atoms with E-state index in [1.54, 1.807) is 0 Å². The molecule has 1 aromatic rings. The molecule has 80 valence electrons. The molecule has 1 aromatic carbocycles. The second-order valence-corrected chi connectivity index (χ2v) is 3.05. The number of halogens is 2. The monoisotopic (exact) mass is 211 g/mol. The Morgan fingerprint density at radius 2 is 2.00 bits per heavy atom. The van der Waals surface area contributed by atoms with Crippen LogP contribution in [0.25, 0.3) is 6.08 Å². The van der Waals surface area contributed by atoms with Crippen molar-refractivity contribution in [2.45, 2.75) is 6.92 Å². The lowest BCUT2D eigenvalue weighted by Gasteiger charge is -2.01. The largest absolute Gasteiger partial charge is 0.356 e. The summed E-state index contributed by atoms with van der Waals surface area (Å²) in [6, 6.07) is 2.88. The van der Waals surface area contributed by atoms with Gasteiger partial charge in [-0.3, -0.25) is 4.79 Å². The zero-order chi connectivity index (χ0) is 11.4. The first kappa shape index (κ1) is 11.4. The summed E-state index contributed by atoms with van der Waals surface area (Å²) in [6.07, 6.45) is 2.38. The second-order valence-electron chi connectivity index (χ2n) is 3.05. The molecule has 0 bridgehead atoms. The van der Waals surface area contributed by atoms with Gasteiger partial charge >= 0.3 is 0 Å². The van der Waals surface area contributed by atoms with Crippen LogP contribution in [0.15, 0.2) is 18.2 Å².